The van der Waals surface area contributed by atoms with Gasteiger partial charge in [-0.05, 0) is 32.0 Å². The molecule has 1 fully saturated rings. The van der Waals surface area contributed by atoms with E-state index in [0.717, 1.165) is 4.90 Å². The first-order chi connectivity index (χ1) is 12.8. The molecule has 1 saturated heterocycles. The normalized spacial score (nSPS) is 15.0. The van der Waals surface area contributed by atoms with Gasteiger partial charge in [-0.1, -0.05) is 11.2 Å². The molecule has 3 rings (SSSR count). The molecule has 0 saturated carbocycles. The van der Waals surface area contributed by atoms with E-state index in [1.165, 1.54) is 31.2 Å². The number of benzene rings is 1. The summed E-state index contributed by atoms with van der Waals surface area (Å²) in [5.74, 6) is -1.22. The number of carbonyl (C=O) groups is 4. The Morgan fingerprint density at radius 2 is 1.93 bits per heavy atom. The number of nitrogens with zero attached hydrogens (tertiary/aromatic N) is 2. The van der Waals surface area contributed by atoms with Crippen LogP contribution in [0.2, 0.25) is 0 Å². The number of amides is 3. The van der Waals surface area contributed by atoms with Gasteiger partial charge in [0.2, 0.25) is 11.8 Å². The van der Waals surface area contributed by atoms with Gasteiger partial charge in [-0.2, -0.15) is 0 Å². The molecule has 0 aliphatic carbocycles. The minimum atomic E-state index is -1.09. The molecule has 0 unspecified atom stereocenters. The lowest BCUT2D eigenvalue weighted by atomic mass is 10.2. The van der Waals surface area contributed by atoms with Crippen LogP contribution in [0.3, 0.4) is 0 Å². The van der Waals surface area contributed by atoms with Gasteiger partial charge < -0.3 is 14.6 Å². The molecule has 1 aliphatic heterocycles. The van der Waals surface area contributed by atoms with Crippen molar-refractivity contribution in [2.45, 2.75) is 32.8 Å². The molecule has 2 aromatic rings. The van der Waals surface area contributed by atoms with Crippen molar-refractivity contribution in [1.29, 1.82) is 0 Å². The fourth-order valence-electron chi connectivity index (χ4n) is 2.57. The highest BCUT2D eigenvalue weighted by Gasteiger charge is 2.30. The summed E-state index contributed by atoms with van der Waals surface area (Å²) < 4.78 is 9.99. The van der Waals surface area contributed by atoms with Crippen LogP contribution >= 0.6 is 0 Å². The van der Waals surface area contributed by atoms with Gasteiger partial charge in [-0.25, -0.2) is 4.79 Å². The van der Waals surface area contributed by atoms with Crippen LogP contribution in [0.25, 0.3) is 0 Å². The van der Waals surface area contributed by atoms with E-state index in [9.17, 15) is 19.2 Å². The standard InChI is InChI=1S/C18H17N3O6/c1-10-8-14(20-27-10)19-17(24)11(2)26-18(25)12-4-3-5-13(9-12)21-15(22)6-7-16(21)23/h3-5,8-9,11H,6-7H2,1-2H3,(H,19,20,24)/t11-/m1/s1. The van der Waals surface area contributed by atoms with E-state index in [4.69, 9.17) is 9.26 Å². The molecule has 0 radical (unpaired) electrons. The second-order valence-corrected chi connectivity index (χ2v) is 6.03. The molecule has 2 heterocycles. The van der Waals surface area contributed by atoms with Crippen molar-refractivity contribution in [1.82, 2.24) is 5.16 Å². The van der Waals surface area contributed by atoms with Gasteiger partial charge in [0.05, 0.1) is 11.3 Å². The number of esters is 1. The number of aryl methyl sites for hydroxylation is 1. The third-order valence-electron chi connectivity index (χ3n) is 3.92. The van der Waals surface area contributed by atoms with Gasteiger partial charge >= 0.3 is 5.97 Å². The second kappa shape index (κ2) is 7.40. The van der Waals surface area contributed by atoms with Crippen LogP contribution in [-0.4, -0.2) is 35.0 Å². The number of hydrogen-bond donors (Lipinski definition) is 1. The maximum atomic E-state index is 12.3. The van der Waals surface area contributed by atoms with Gasteiger partial charge in [0.1, 0.15) is 5.76 Å². The average Bonchev–Trinajstić information content (AvgIpc) is 3.19. The number of rotatable bonds is 5. The third kappa shape index (κ3) is 4.02. The summed E-state index contributed by atoms with van der Waals surface area (Å²) in [5, 5.41) is 6.10. The summed E-state index contributed by atoms with van der Waals surface area (Å²) in [4.78, 5) is 49.1. The lowest BCUT2D eigenvalue weighted by Crippen LogP contribution is -2.30. The van der Waals surface area contributed by atoms with Crippen molar-refractivity contribution < 1.29 is 28.4 Å². The summed E-state index contributed by atoms with van der Waals surface area (Å²) in [6.07, 6.45) is -0.799. The Morgan fingerprint density at radius 3 is 2.56 bits per heavy atom. The zero-order valence-electron chi connectivity index (χ0n) is 14.7. The zero-order valence-corrected chi connectivity index (χ0v) is 14.7. The van der Waals surface area contributed by atoms with Crippen LogP contribution in [0.15, 0.2) is 34.9 Å². The zero-order chi connectivity index (χ0) is 19.6. The average molecular weight is 371 g/mol. The summed E-state index contributed by atoms with van der Waals surface area (Å²) in [6.45, 7) is 3.09. The first-order valence-electron chi connectivity index (χ1n) is 8.26. The van der Waals surface area contributed by atoms with Crippen LogP contribution < -0.4 is 10.2 Å². The van der Waals surface area contributed by atoms with Gasteiger partial charge in [0, 0.05) is 18.9 Å². The fourth-order valence-corrected chi connectivity index (χ4v) is 2.57. The van der Waals surface area contributed by atoms with E-state index in [2.05, 4.69) is 10.5 Å². The molecule has 1 aromatic carbocycles. The third-order valence-corrected chi connectivity index (χ3v) is 3.92. The Hall–Kier alpha value is -3.49. The number of anilines is 2. The summed E-state index contributed by atoms with van der Waals surface area (Å²) in [7, 11) is 0. The van der Waals surface area contributed by atoms with Crippen LogP contribution in [-0.2, 0) is 19.1 Å². The molecular weight excluding hydrogens is 354 g/mol. The van der Waals surface area contributed by atoms with Crippen molar-refractivity contribution in [3.05, 3.63) is 41.7 Å². The van der Waals surface area contributed by atoms with E-state index >= 15 is 0 Å². The fraction of sp³-hybridized carbons (Fsp3) is 0.278. The van der Waals surface area contributed by atoms with E-state index in [0.29, 0.717) is 11.4 Å². The topological polar surface area (TPSA) is 119 Å². The lowest BCUT2D eigenvalue weighted by molar-refractivity contribution is -0.124. The molecule has 140 valence electrons. The van der Waals surface area contributed by atoms with Crippen molar-refractivity contribution in [2.75, 3.05) is 10.2 Å². The SMILES string of the molecule is Cc1cc(NC(=O)[C@@H](C)OC(=O)c2cccc(N3C(=O)CCC3=O)c2)no1. The molecule has 9 heteroatoms. The number of imide groups is 1. The highest BCUT2D eigenvalue weighted by Crippen LogP contribution is 2.23. The molecule has 3 amide bonds. The van der Waals surface area contributed by atoms with Crippen molar-refractivity contribution >= 4 is 35.2 Å². The number of carbonyl (C=O) groups excluding carboxylic acids is 4. The lowest BCUT2D eigenvalue weighted by Gasteiger charge is -2.16. The number of nitrogens with one attached hydrogen (secondary N) is 1. The maximum Gasteiger partial charge on any atom is 0.338 e. The Morgan fingerprint density at radius 1 is 1.22 bits per heavy atom. The molecular formula is C18H17N3O6. The first-order valence-corrected chi connectivity index (χ1v) is 8.26. The van der Waals surface area contributed by atoms with Crippen molar-refractivity contribution in [2.24, 2.45) is 0 Å². The van der Waals surface area contributed by atoms with Crippen LogP contribution in [0.5, 0.6) is 0 Å². The molecule has 1 aliphatic rings. The summed E-state index contributed by atoms with van der Waals surface area (Å²) in [6, 6.07) is 7.48. The van der Waals surface area contributed by atoms with Crippen LogP contribution in [0.1, 0.15) is 35.9 Å². The molecule has 1 N–H and O–H groups in total. The highest BCUT2D eigenvalue weighted by atomic mass is 16.5. The summed E-state index contributed by atoms with van der Waals surface area (Å²) in [5.41, 5.74) is 0.420. The maximum absolute atomic E-state index is 12.3. The number of hydrogen-bond acceptors (Lipinski definition) is 7. The second-order valence-electron chi connectivity index (χ2n) is 6.03. The molecule has 1 atom stereocenters. The monoisotopic (exact) mass is 371 g/mol. The van der Waals surface area contributed by atoms with E-state index < -0.39 is 18.0 Å². The predicted octanol–water partition coefficient (Wildman–Crippen LogP) is 1.82. The van der Waals surface area contributed by atoms with E-state index in [1.807, 2.05) is 0 Å². The van der Waals surface area contributed by atoms with Gasteiger partial charge in [0.15, 0.2) is 11.9 Å². The Balaban J connectivity index is 1.67. The molecule has 27 heavy (non-hydrogen) atoms. The smallest absolute Gasteiger partial charge is 0.338 e. The largest absolute Gasteiger partial charge is 0.449 e. The van der Waals surface area contributed by atoms with Crippen LogP contribution in [0.4, 0.5) is 11.5 Å². The summed E-state index contributed by atoms with van der Waals surface area (Å²) >= 11 is 0. The molecule has 9 nitrogen and oxygen atoms in total. The Bertz CT molecular complexity index is 903. The van der Waals surface area contributed by atoms with Crippen LogP contribution in [0, 0.1) is 6.92 Å². The number of aromatic nitrogens is 1. The number of ether oxygens (including phenoxy) is 1. The highest BCUT2D eigenvalue weighted by molar-refractivity contribution is 6.20. The van der Waals surface area contributed by atoms with Gasteiger partial charge in [-0.3, -0.25) is 19.3 Å². The van der Waals surface area contributed by atoms with E-state index in [1.54, 1.807) is 13.0 Å². The predicted molar refractivity (Wildman–Crippen MR) is 92.9 cm³/mol. The quantitative estimate of drug-likeness (QED) is 0.629. The molecule has 0 spiro atoms. The first kappa shape index (κ1) is 18.3. The minimum Gasteiger partial charge on any atom is -0.449 e. The Kier molecular flexibility index (Phi) is 5.02. The van der Waals surface area contributed by atoms with Gasteiger partial charge in [0.25, 0.3) is 5.91 Å². The minimum absolute atomic E-state index is 0.122. The van der Waals surface area contributed by atoms with Crippen molar-refractivity contribution in [3.8, 4) is 0 Å². The van der Waals surface area contributed by atoms with E-state index in [-0.39, 0.29) is 36.0 Å². The molecule has 0 bridgehead atoms. The van der Waals surface area contributed by atoms with Crippen molar-refractivity contribution in [3.63, 3.8) is 0 Å². The molecule has 1 aromatic heterocycles. The Labute approximate surface area is 154 Å². The van der Waals surface area contributed by atoms with Gasteiger partial charge in [-0.15, -0.1) is 0 Å².